The largest absolute Gasteiger partial charge is 1.00 e. The first kappa shape index (κ1) is 56.2. The Morgan fingerprint density at radius 1 is 1.08 bits per heavy atom. The van der Waals surface area contributed by atoms with Crippen molar-refractivity contribution in [3.63, 3.8) is 0 Å². The zero-order valence-corrected chi connectivity index (χ0v) is 41.1. The van der Waals surface area contributed by atoms with E-state index >= 15 is 0 Å². The first-order valence-electron chi connectivity index (χ1n) is 18.5. The minimum atomic E-state index is -5.51. The van der Waals surface area contributed by atoms with Gasteiger partial charge >= 0.3 is 71.1 Å². The Hall–Kier alpha value is -3.97. The maximum atomic E-state index is 13.1. The standard InChI is InChI=1S/C36H46N11O13P2.2Na/c1-46(15-13-36(53,61(54)55)62(56,57)58)14-4-16-59-26-6-3-5-22(17-26)18-40-45-28(48)21-60-34(52)27(11-12-29(49)50)42-33(51)23-7-9-25(10-8-23)47(2)20-24-19-39-32-30(41-24)31(37)43-35(38)44-32;;/h3,5-10,17-19,27,53-54H,4,11-16,20-21H2,1-2H3,(H,42,51)(H,45,48)(H,49,50)(H2,56,57,58)(H4,37,38,39,43,44);;/q-1;2*+1/p-1/b40-18+;;. The average molecular weight is 948 g/mol. The molecule has 28 heteroatoms. The number of aliphatic hydroxyl groups is 1. The number of nitrogens with one attached hydrogen (secondary N) is 2. The number of rotatable bonds is 23. The molecular weight excluding hydrogens is 902 g/mol. The molecule has 0 aliphatic heterocycles. The van der Waals surface area contributed by atoms with Crippen LogP contribution in [0.3, 0.4) is 0 Å². The third-order valence-electron chi connectivity index (χ3n) is 8.85. The third-order valence-corrected chi connectivity index (χ3v) is 12.1. The van der Waals surface area contributed by atoms with Crippen LogP contribution in [0.15, 0.2) is 59.8 Å². The fourth-order valence-corrected chi connectivity index (χ4v) is 7.01. The predicted molar refractivity (Wildman–Crippen MR) is 220 cm³/mol. The van der Waals surface area contributed by atoms with Gasteiger partial charge in [0.15, 0.2) is 36.3 Å². The molecule has 2 amide bonds. The van der Waals surface area contributed by atoms with Crippen LogP contribution in [0.4, 0.5) is 17.5 Å². The maximum absolute atomic E-state index is 13.1. The van der Waals surface area contributed by atoms with Crippen molar-refractivity contribution < 1.29 is 122 Å². The molecule has 4 unspecified atom stereocenters. The molecule has 24 nitrogen and oxygen atoms in total. The second-order valence-corrected chi connectivity index (χ2v) is 17.1. The molecule has 2 aromatic carbocycles. The van der Waals surface area contributed by atoms with E-state index in [0.717, 1.165) is 0 Å². The van der Waals surface area contributed by atoms with Crippen LogP contribution in [0.1, 0.15) is 47.3 Å². The monoisotopic (exact) mass is 947 g/mol. The van der Waals surface area contributed by atoms with Crippen molar-refractivity contribution >= 4 is 74.6 Å². The summed E-state index contributed by atoms with van der Waals surface area (Å²) in [5, 5.41) is 22.3. The molecule has 0 bridgehead atoms. The number of hydrazone groups is 1. The van der Waals surface area contributed by atoms with E-state index < -0.39 is 70.3 Å². The maximum Gasteiger partial charge on any atom is 1.00 e. The van der Waals surface area contributed by atoms with E-state index in [1.165, 1.54) is 24.5 Å². The quantitative estimate of drug-likeness (QED) is 0.00855. The van der Waals surface area contributed by atoms with Gasteiger partial charge in [-0.1, -0.05) is 12.1 Å². The van der Waals surface area contributed by atoms with Gasteiger partial charge in [0.2, 0.25) is 5.95 Å². The minimum absolute atomic E-state index is 0. The van der Waals surface area contributed by atoms with E-state index in [2.05, 4.69) is 35.8 Å². The summed E-state index contributed by atoms with van der Waals surface area (Å²) in [5.41, 5.74) is 16.2. The van der Waals surface area contributed by atoms with Crippen molar-refractivity contribution in [2.24, 2.45) is 5.10 Å². The van der Waals surface area contributed by atoms with Gasteiger partial charge in [0.05, 0.1) is 31.3 Å². The summed E-state index contributed by atoms with van der Waals surface area (Å²) < 4.78 is 22.1. The minimum Gasteiger partial charge on any atom is -0.806 e. The number of hydrogen-bond donors (Lipinski definition) is 8. The number of ether oxygens (including phenoxy) is 2. The Kier molecular flexibility index (Phi) is 23.0. The molecule has 0 radical (unpaired) electrons. The molecule has 2 aromatic heterocycles. The van der Waals surface area contributed by atoms with E-state index in [4.69, 9.17) is 25.8 Å². The molecule has 2 heterocycles. The number of nitrogen functional groups attached to an aromatic ring is 2. The van der Waals surface area contributed by atoms with Gasteiger partial charge in [-0.15, -0.1) is 0 Å². The Balaban J connectivity index is 0.00000704. The molecule has 0 saturated heterocycles. The van der Waals surface area contributed by atoms with Crippen molar-refractivity contribution in [3.05, 3.63) is 71.5 Å². The summed E-state index contributed by atoms with van der Waals surface area (Å²) in [5.74, 6) is -3.28. The number of carboxylic acid groups (broad SMARTS) is 1. The normalized spacial score (nSPS) is 13.9. The van der Waals surface area contributed by atoms with E-state index in [9.17, 15) is 48.6 Å². The summed E-state index contributed by atoms with van der Waals surface area (Å²) in [6.45, 7) is -0.0548. The molecular formula is C36H45N11Na2O13P2. The number of nitrogens with two attached hydrogens (primary N) is 2. The molecule has 0 aliphatic rings. The van der Waals surface area contributed by atoms with Gasteiger partial charge in [0.1, 0.15) is 11.8 Å². The van der Waals surface area contributed by atoms with Crippen LogP contribution in [0.2, 0.25) is 0 Å². The second kappa shape index (κ2) is 26.2. The number of carboxylic acids is 1. The summed E-state index contributed by atoms with van der Waals surface area (Å²) in [6.07, 6.45) is 1.76. The number of anilines is 3. The number of aliphatic carboxylic acids is 1. The first-order valence-corrected chi connectivity index (χ1v) is 21.3. The van der Waals surface area contributed by atoms with Crippen LogP contribution in [-0.2, 0) is 30.2 Å². The zero-order valence-electron chi connectivity index (χ0n) is 35.4. The second-order valence-electron chi connectivity index (χ2n) is 13.7. The van der Waals surface area contributed by atoms with E-state index in [-0.39, 0.29) is 102 Å². The number of amides is 2. The van der Waals surface area contributed by atoms with E-state index in [1.54, 1.807) is 55.4 Å². The van der Waals surface area contributed by atoms with Gasteiger partial charge in [-0.25, -0.2) is 20.2 Å². The van der Waals surface area contributed by atoms with Crippen LogP contribution < -0.4 is 101 Å². The summed E-state index contributed by atoms with van der Waals surface area (Å²) in [4.78, 5) is 111. The molecule has 0 aliphatic carbocycles. The van der Waals surface area contributed by atoms with Gasteiger partial charge < -0.3 is 70.4 Å². The molecule has 4 aromatic rings. The van der Waals surface area contributed by atoms with E-state index in [1.807, 2.05) is 4.90 Å². The van der Waals surface area contributed by atoms with Gasteiger partial charge in [0.25, 0.3) is 11.8 Å². The van der Waals surface area contributed by atoms with Crippen molar-refractivity contribution in [1.29, 1.82) is 0 Å². The number of hydrogen-bond acceptors (Lipinski definition) is 20. The number of carbonyl (C=O) groups excluding carboxylic acids is 3. The van der Waals surface area contributed by atoms with Crippen molar-refractivity contribution in [3.8, 4) is 5.75 Å². The SMILES string of the molecule is CN(CCCOc1cccc(/C=N/NC(=O)COC(=O)C(CCC(=O)O)NC(=O)c2ccc(N(C)Cc3cnc4nc(N)nc(N)c4n3)cc2)c1)CCC(O)(P([O-])O)P(=O)([O-])O.[Na+].[Na+]. The molecule has 0 spiro atoms. The molecule has 4 rings (SSSR count). The average Bonchev–Trinajstić information content (AvgIpc) is 3.21. The molecule has 10 N–H and O–H groups in total. The van der Waals surface area contributed by atoms with E-state index in [0.29, 0.717) is 47.7 Å². The van der Waals surface area contributed by atoms with Crippen LogP contribution in [0, 0.1) is 0 Å². The number of carbonyl (C=O) groups is 4. The van der Waals surface area contributed by atoms with Crippen molar-refractivity contribution in [1.82, 2.24) is 35.6 Å². The third kappa shape index (κ3) is 17.1. The Morgan fingerprint density at radius 2 is 1.78 bits per heavy atom. The molecule has 4 atom stereocenters. The Morgan fingerprint density at radius 3 is 2.44 bits per heavy atom. The Bertz CT molecular complexity index is 2300. The summed E-state index contributed by atoms with van der Waals surface area (Å²) in [6, 6.07) is 11.5. The molecule has 0 fully saturated rings. The number of fused-ring (bicyclic) bond motifs is 1. The molecule has 0 saturated carbocycles. The number of nitrogens with zero attached hydrogens (tertiary/aromatic N) is 7. The molecule has 64 heavy (non-hydrogen) atoms. The summed E-state index contributed by atoms with van der Waals surface area (Å²) in [7, 11) is -5.75. The van der Waals surface area contributed by atoms with Crippen LogP contribution in [0.25, 0.3) is 11.2 Å². The first-order chi connectivity index (χ1) is 29.2. The van der Waals surface area contributed by atoms with Crippen molar-refractivity contribution in [2.75, 3.05) is 56.8 Å². The van der Waals surface area contributed by atoms with Crippen LogP contribution >= 0.6 is 16.0 Å². The van der Waals surface area contributed by atoms with Gasteiger partial charge in [0, 0.05) is 44.2 Å². The predicted octanol–water partition coefficient (Wildman–Crippen LogP) is -7.17. The molecule has 334 valence electrons. The number of aromatic nitrogens is 4. The summed E-state index contributed by atoms with van der Waals surface area (Å²) >= 11 is 0. The van der Waals surface area contributed by atoms with Gasteiger partial charge in [-0.05, 0) is 70.2 Å². The van der Waals surface area contributed by atoms with Crippen LogP contribution in [-0.4, -0.2) is 126 Å². The fraction of sp³-hybridized carbons (Fsp3) is 0.361. The van der Waals surface area contributed by atoms with Crippen molar-refractivity contribution in [2.45, 2.75) is 43.4 Å². The zero-order chi connectivity index (χ0) is 45.6. The van der Waals surface area contributed by atoms with Gasteiger partial charge in [-0.3, -0.25) is 14.4 Å². The number of esters is 1. The number of benzene rings is 2. The topological polar surface area (TPSA) is 377 Å². The Labute approximate surface area is 411 Å². The van der Waals surface area contributed by atoms with Crippen LogP contribution in [0.5, 0.6) is 5.75 Å². The van der Waals surface area contributed by atoms with Gasteiger partial charge in [-0.2, -0.15) is 15.1 Å². The smallest absolute Gasteiger partial charge is 0.806 e. The fourth-order valence-electron chi connectivity index (χ4n) is 5.47.